The van der Waals surface area contributed by atoms with E-state index in [1.807, 2.05) is 6.92 Å². The second kappa shape index (κ2) is 6.23. The number of hydrogen-bond acceptors (Lipinski definition) is 6. The van der Waals surface area contributed by atoms with Crippen LogP contribution in [0.2, 0.25) is 0 Å². The van der Waals surface area contributed by atoms with Gasteiger partial charge in [0.2, 0.25) is 0 Å². The molecule has 0 bridgehead atoms. The molecule has 1 aliphatic rings. The standard InChI is InChI=1S/C14H17N3O2S2/c1-8-3-4-11(20-8)12-9(2)21-14(16-12)17-13(18)10-7-15-5-6-19-10/h3-4,10,15H,5-7H2,1-2H3,(H,16,17,18)/t10-/m1/s1. The summed E-state index contributed by atoms with van der Waals surface area (Å²) in [6.45, 7) is 6.01. The van der Waals surface area contributed by atoms with E-state index in [1.54, 1.807) is 11.3 Å². The van der Waals surface area contributed by atoms with Crippen LogP contribution in [0.25, 0.3) is 10.6 Å². The van der Waals surface area contributed by atoms with Gasteiger partial charge in [-0.3, -0.25) is 10.1 Å². The van der Waals surface area contributed by atoms with E-state index in [0.29, 0.717) is 18.3 Å². The van der Waals surface area contributed by atoms with E-state index in [4.69, 9.17) is 4.74 Å². The van der Waals surface area contributed by atoms with Gasteiger partial charge in [0.25, 0.3) is 5.91 Å². The third-order valence-electron chi connectivity index (χ3n) is 3.22. The number of aryl methyl sites for hydroxylation is 2. The van der Waals surface area contributed by atoms with Crippen molar-refractivity contribution >= 4 is 33.7 Å². The Labute approximate surface area is 131 Å². The van der Waals surface area contributed by atoms with E-state index < -0.39 is 6.10 Å². The van der Waals surface area contributed by atoms with Gasteiger partial charge in [-0.05, 0) is 26.0 Å². The number of morpholine rings is 1. The van der Waals surface area contributed by atoms with Crippen LogP contribution in [0.4, 0.5) is 5.13 Å². The molecule has 0 radical (unpaired) electrons. The van der Waals surface area contributed by atoms with Crippen molar-refractivity contribution in [1.82, 2.24) is 10.3 Å². The van der Waals surface area contributed by atoms with Crippen molar-refractivity contribution in [2.24, 2.45) is 0 Å². The van der Waals surface area contributed by atoms with E-state index in [2.05, 4.69) is 34.7 Å². The lowest BCUT2D eigenvalue weighted by atomic mass is 10.3. The number of thiazole rings is 1. The van der Waals surface area contributed by atoms with Gasteiger partial charge in [0.05, 0.1) is 17.2 Å². The summed E-state index contributed by atoms with van der Waals surface area (Å²) >= 11 is 3.21. The third kappa shape index (κ3) is 3.32. The van der Waals surface area contributed by atoms with Crippen molar-refractivity contribution in [1.29, 1.82) is 0 Å². The molecule has 1 aliphatic heterocycles. The second-order valence-corrected chi connectivity index (χ2v) is 7.38. The molecule has 112 valence electrons. The Kier molecular flexibility index (Phi) is 4.34. The van der Waals surface area contributed by atoms with Crippen molar-refractivity contribution in [3.63, 3.8) is 0 Å². The monoisotopic (exact) mass is 323 g/mol. The fourth-order valence-electron chi connectivity index (χ4n) is 2.16. The smallest absolute Gasteiger partial charge is 0.256 e. The SMILES string of the molecule is Cc1ccc(-c2nc(NC(=O)[C@H]3CNCCO3)sc2C)s1. The molecular weight excluding hydrogens is 306 g/mol. The highest BCUT2D eigenvalue weighted by Crippen LogP contribution is 2.34. The summed E-state index contributed by atoms with van der Waals surface area (Å²) in [5.74, 6) is -0.134. The number of carbonyl (C=O) groups is 1. The fourth-order valence-corrected chi connectivity index (χ4v) is 3.97. The highest BCUT2D eigenvalue weighted by atomic mass is 32.1. The van der Waals surface area contributed by atoms with Gasteiger partial charge in [0.1, 0.15) is 6.10 Å². The lowest BCUT2D eigenvalue weighted by Crippen LogP contribution is -2.45. The molecule has 7 heteroatoms. The highest BCUT2D eigenvalue weighted by Gasteiger charge is 2.23. The van der Waals surface area contributed by atoms with Crippen LogP contribution >= 0.6 is 22.7 Å². The summed E-state index contributed by atoms with van der Waals surface area (Å²) in [4.78, 5) is 20.2. The van der Waals surface area contributed by atoms with Crippen LogP contribution in [0.1, 0.15) is 9.75 Å². The summed E-state index contributed by atoms with van der Waals surface area (Å²) in [6, 6.07) is 4.15. The Bertz CT molecular complexity index is 644. The van der Waals surface area contributed by atoms with E-state index in [9.17, 15) is 4.79 Å². The molecule has 2 N–H and O–H groups in total. The molecule has 3 heterocycles. The van der Waals surface area contributed by atoms with Crippen LogP contribution in [0.3, 0.4) is 0 Å². The predicted octanol–water partition coefficient (Wildman–Crippen LogP) is 2.42. The number of carbonyl (C=O) groups excluding carboxylic acids is 1. The van der Waals surface area contributed by atoms with Crippen molar-refractivity contribution in [2.75, 3.05) is 25.0 Å². The zero-order chi connectivity index (χ0) is 14.8. The van der Waals surface area contributed by atoms with E-state index in [-0.39, 0.29) is 5.91 Å². The van der Waals surface area contributed by atoms with Crippen LogP contribution in [0, 0.1) is 13.8 Å². The van der Waals surface area contributed by atoms with E-state index >= 15 is 0 Å². The van der Waals surface area contributed by atoms with Gasteiger partial charge in [0, 0.05) is 22.8 Å². The van der Waals surface area contributed by atoms with Gasteiger partial charge in [-0.25, -0.2) is 4.98 Å². The Hall–Kier alpha value is -1.28. The summed E-state index contributed by atoms with van der Waals surface area (Å²) in [5.41, 5.74) is 0.955. The molecule has 0 spiro atoms. The first kappa shape index (κ1) is 14.6. The molecule has 5 nitrogen and oxygen atoms in total. The van der Waals surface area contributed by atoms with Crippen LogP contribution in [0.5, 0.6) is 0 Å². The number of anilines is 1. The van der Waals surface area contributed by atoms with Crippen molar-refractivity contribution < 1.29 is 9.53 Å². The lowest BCUT2D eigenvalue weighted by Gasteiger charge is -2.22. The highest BCUT2D eigenvalue weighted by molar-refractivity contribution is 7.18. The fraction of sp³-hybridized carbons (Fsp3) is 0.429. The average Bonchev–Trinajstić information content (AvgIpc) is 3.06. The first-order valence-electron chi connectivity index (χ1n) is 6.81. The van der Waals surface area contributed by atoms with Gasteiger partial charge in [-0.15, -0.1) is 22.7 Å². The summed E-state index contributed by atoms with van der Waals surface area (Å²) in [7, 11) is 0. The number of nitrogens with one attached hydrogen (secondary N) is 2. The third-order valence-corrected chi connectivity index (χ3v) is 5.11. The quantitative estimate of drug-likeness (QED) is 0.910. The molecule has 3 rings (SSSR count). The van der Waals surface area contributed by atoms with Gasteiger partial charge in [-0.1, -0.05) is 0 Å². The molecule has 0 aromatic carbocycles. The predicted molar refractivity (Wildman–Crippen MR) is 86.1 cm³/mol. The molecule has 0 saturated carbocycles. The molecule has 2 aromatic heterocycles. The Morgan fingerprint density at radius 1 is 1.43 bits per heavy atom. The number of aromatic nitrogens is 1. The zero-order valence-electron chi connectivity index (χ0n) is 11.9. The molecule has 0 aliphatic carbocycles. The van der Waals surface area contributed by atoms with Crippen molar-refractivity contribution in [3.05, 3.63) is 21.9 Å². The lowest BCUT2D eigenvalue weighted by molar-refractivity contribution is -0.128. The number of rotatable bonds is 3. The maximum absolute atomic E-state index is 12.1. The Balaban J connectivity index is 1.73. The van der Waals surface area contributed by atoms with Gasteiger partial charge in [0.15, 0.2) is 5.13 Å². The van der Waals surface area contributed by atoms with Gasteiger partial charge < -0.3 is 10.1 Å². The van der Waals surface area contributed by atoms with Crippen molar-refractivity contribution in [2.45, 2.75) is 20.0 Å². The first-order valence-corrected chi connectivity index (χ1v) is 8.44. The minimum atomic E-state index is -0.435. The number of nitrogens with zero attached hydrogens (tertiary/aromatic N) is 1. The normalized spacial score (nSPS) is 18.7. The maximum atomic E-state index is 12.1. The molecular formula is C14H17N3O2S2. The second-order valence-electron chi connectivity index (χ2n) is 4.89. The first-order chi connectivity index (χ1) is 10.1. The minimum Gasteiger partial charge on any atom is -0.366 e. The number of thiophene rings is 1. The largest absolute Gasteiger partial charge is 0.366 e. The topological polar surface area (TPSA) is 63.2 Å². The molecule has 1 saturated heterocycles. The molecule has 1 atom stereocenters. The molecule has 2 aromatic rings. The number of amides is 1. The molecule has 21 heavy (non-hydrogen) atoms. The Morgan fingerprint density at radius 3 is 2.95 bits per heavy atom. The molecule has 1 fully saturated rings. The molecule has 1 amide bonds. The van der Waals surface area contributed by atoms with Crippen LogP contribution in [0.15, 0.2) is 12.1 Å². The summed E-state index contributed by atoms with van der Waals surface area (Å²) < 4.78 is 5.44. The zero-order valence-corrected chi connectivity index (χ0v) is 13.6. The van der Waals surface area contributed by atoms with E-state index in [1.165, 1.54) is 16.2 Å². The van der Waals surface area contributed by atoms with Crippen LogP contribution in [-0.2, 0) is 9.53 Å². The number of hydrogen-bond donors (Lipinski definition) is 2. The van der Waals surface area contributed by atoms with Crippen molar-refractivity contribution in [3.8, 4) is 10.6 Å². The minimum absolute atomic E-state index is 0.134. The summed E-state index contributed by atoms with van der Waals surface area (Å²) in [6.07, 6.45) is -0.435. The van der Waals surface area contributed by atoms with Gasteiger partial charge >= 0.3 is 0 Å². The molecule has 0 unspecified atom stereocenters. The number of ether oxygens (including phenoxy) is 1. The van der Waals surface area contributed by atoms with Crippen LogP contribution in [-0.4, -0.2) is 36.7 Å². The average molecular weight is 323 g/mol. The van der Waals surface area contributed by atoms with Gasteiger partial charge in [-0.2, -0.15) is 0 Å². The Morgan fingerprint density at radius 2 is 2.29 bits per heavy atom. The van der Waals surface area contributed by atoms with E-state index in [0.717, 1.165) is 22.0 Å². The van der Waals surface area contributed by atoms with Crippen LogP contribution < -0.4 is 10.6 Å². The summed E-state index contributed by atoms with van der Waals surface area (Å²) in [5, 5.41) is 6.64. The maximum Gasteiger partial charge on any atom is 0.256 e.